The number of aliphatic hydroxyl groups excluding tert-OH is 5. The first-order valence-electron chi connectivity index (χ1n) is 52.6. The summed E-state index contributed by atoms with van der Waals surface area (Å²) >= 11 is 0. The van der Waals surface area contributed by atoms with Gasteiger partial charge in [0, 0.05) is 112 Å². The first-order valence-corrected chi connectivity index (χ1v) is 41.1. The molecule has 0 saturated carbocycles. The Morgan fingerprint density at radius 2 is 0.513 bits per heavy atom. The highest BCUT2D eigenvalue weighted by atomic mass is 16.5. The quantitative estimate of drug-likeness (QED) is 0.0491. The van der Waals surface area contributed by atoms with Gasteiger partial charge in [-0.1, -0.05) is 69.1 Å². The molecule has 0 spiro atoms. The van der Waals surface area contributed by atoms with Crippen molar-refractivity contribution in [3.05, 3.63) is 116 Å². The van der Waals surface area contributed by atoms with Gasteiger partial charge in [0.2, 0.25) is 0 Å². The zero-order valence-electron chi connectivity index (χ0n) is 93.6. The third-order valence-corrected chi connectivity index (χ3v) is 24.4. The van der Waals surface area contributed by atoms with Gasteiger partial charge in [0.15, 0.2) is 57.5 Å². The van der Waals surface area contributed by atoms with E-state index in [1.54, 1.807) is 62.5 Å². The molecule has 640 valence electrons. The molecule has 10 heterocycles. The predicted molar refractivity (Wildman–Crippen MR) is 456 cm³/mol. The maximum atomic E-state index is 10.9. The van der Waals surface area contributed by atoms with Crippen molar-refractivity contribution in [3.8, 4) is 57.5 Å². The molecule has 0 aromatic heterocycles. The highest BCUT2D eigenvalue weighted by Crippen LogP contribution is 2.50. The van der Waals surface area contributed by atoms with E-state index in [-0.39, 0.29) is 60.9 Å². The highest BCUT2D eigenvalue weighted by molar-refractivity contribution is 5.54. The Hall–Kier alpha value is -6.30. The van der Waals surface area contributed by atoms with Crippen LogP contribution in [0.3, 0.4) is 0 Å². The van der Waals surface area contributed by atoms with Crippen molar-refractivity contribution in [1.29, 1.82) is 0 Å². The van der Waals surface area contributed by atoms with Crippen molar-refractivity contribution >= 4 is 0 Å². The van der Waals surface area contributed by atoms with Gasteiger partial charge in [0.25, 0.3) is 0 Å². The summed E-state index contributed by atoms with van der Waals surface area (Å²) in [5, 5.41) is 53.9. The topological polar surface area (TPSA) is 210 Å². The Bertz CT molecular complexity index is 4930. The SMILES string of the molecule is [2H]C([2H])([2H])Oc1cc2c(cc1OC)CCN1CC(C([2H])([2H])C([2H])(C)C([2H])([2H])[2H])C(O)CC21[2H].[2H]C([2H])([2H])Oc1cc2c(cc1OC)CCN1CC(CC(C)C)C(O)CC21[2H].[2H]C12CC(O)C(C([2H])([2H])C([2H])(C)C([2H])([2H])[2H])CN1CCc1cc(OC)c(OC)cc12.[2H]C12CC(O)C(CC(C)C)CN1CCc1cc(OC)c(OC)cc12.[2H]C12CC(O)C(CC(C)C)CN1CCc1cc(OC)c(OC)cc12. The van der Waals surface area contributed by atoms with E-state index in [0.29, 0.717) is 126 Å². The minimum Gasteiger partial charge on any atom is -0.493 e. The third-order valence-electron chi connectivity index (χ3n) is 24.4. The fourth-order valence-corrected chi connectivity index (χ4v) is 18.9. The maximum absolute atomic E-state index is 10.9. The second-order valence-electron chi connectivity index (χ2n) is 33.6. The lowest BCUT2D eigenvalue weighted by molar-refractivity contribution is -0.0192. The first kappa shape index (κ1) is 62.8. The summed E-state index contributed by atoms with van der Waals surface area (Å²) in [4.78, 5) is 10.0. The van der Waals surface area contributed by atoms with Gasteiger partial charge in [-0.05, 0) is 272 Å². The number of aliphatic hydroxyl groups is 5. The lowest BCUT2D eigenvalue weighted by atomic mass is 9.79. The lowest BCUT2D eigenvalue weighted by Crippen LogP contribution is -2.48. The summed E-state index contributed by atoms with van der Waals surface area (Å²) in [6.07, 6.45) is -1.76. The maximum Gasteiger partial charge on any atom is 0.161 e. The molecule has 0 aliphatic carbocycles. The molecular weight excluding hydrogens is 1450 g/mol. The molecule has 0 bridgehead atoms. The van der Waals surface area contributed by atoms with Gasteiger partial charge in [0.05, 0.1) is 117 Å². The van der Waals surface area contributed by atoms with Crippen LogP contribution < -0.4 is 47.4 Å². The number of piperidine rings is 5. The van der Waals surface area contributed by atoms with E-state index in [1.807, 2.05) is 30.3 Å². The van der Waals surface area contributed by atoms with E-state index in [4.69, 9.17) is 78.9 Å². The van der Waals surface area contributed by atoms with Crippen LogP contribution in [-0.2, 0) is 32.1 Å². The van der Waals surface area contributed by atoms with Crippen LogP contribution in [0.5, 0.6) is 57.5 Å². The van der Waals surface area contributed by atoms with E-state index in [9.17, 15) is 25.5 Å². The molecule has 115 heavy (non-hydrogen) atoms. The minimum absolute atomic E-state index is 0.0179. The van der Waals surface area contributed by atoms with Gasteiger partial charge < -0.3 is 72.9 Å². The number of hydrogen-bond donors (Lipinski definition) is 5. The second-order valence-corrected chi connectivity index (χ2v) is 33.6. The smallest absolute Gasteiger partial charge is 0.161 e. The van der Waals surface area contributed by atoms with Crippen LogP contribution >= 0.6 is 0 Å². The van der Waals surface area contributed by atoms with Gasteiger partial charge in [-0.15, -0.1) is 0 Å². The lowest BCUT2D eigenvalue weighted by Gasteiger charge is -2.46. The van der Waals surface area contributed by atoms with Gasteiger partial charge in [-0.25, -0.2) is 0 Å². The molecule has 5 fully saturated rings. The van der Waals surface area contributed by atoms with Crippen LogP contribution in [0.25, 0.3) is 0 Å². The number of ether oxygens (including phenoxy) is 10. The normalized spacial score (nSPS) is 35.3. The van der Waals surface area contributed by atoms with Crippen LogP contribution in [0.4, 0.5) is 0 Å². The molecule has 5 aromatic carbocycles. The van der Waals surface area contributed by atoms with Crippen molar-refractivity contribution in [2.75, 3.05) is 136 Å². The molecular formula is C95H145N5O15. The molecule has 17 atom stereocenters. The summed E-state index contributed by atoms with van der Waals surface area (Å²) < 4.78 is 239. The Morgan fingerprint density at radius 1 is 0.322 bits per heavy atom. The number of fused-ring (bicyclic) bond motifs is 15. The third kappa shape index (κ3) is 21.1. The Kier molecular flexibility index (Phi) is 22.2. The molecule has 0 radical (unpaired) electrons. The fourth-order valence-electron chi connectivity index (χ4n) is 18.9. The number of nitrogens with zero attached hydrogens (tertiary/aromatic N) is 5. The van der Waals surface area contributed by atoms with Crippen molar-refractivity contribution in [3.63, 3.8) is 0 Å². The molecule has 20 heteroatoms. The van der Waals surface area contributed by atoms with Gasteiger partial charge >= 0.3 is 0 Å². The Morgan fingerprint density at radius 3 is 0.704 bits per heavy atom. The molecule has 5 saturated heterocycles. The van der Waals surface area contributed by atoms with Gasteiger partial charge in [-0.3, -0.25) is 24.5 Å². The molecule has 20 nitrogen and oxygen atoms in total. The van der Waals surface area contributed by atoms with Crippen LogP contribution in [0.1, 0.15) is 250 Å². The molecule has 5 aromatic rings. The summed E-state index contributed by atoms with van der Waals surface area (Å²) in [6, 6.07) is 12.2. The van der Waals surface area contributed by atoms with E-state index in [2.05, 4.69) is 56.2 Å². The second kappa shape index (κ2) is 40.6. The molecule has 17 unspecified atom stereocenters. The summed E-state index contributed by atoms with van der Waals surface area (Å²) in [6.45, 7) is 14.7. The van der Waals surface area contributed by atoms with Crippen molar-refractivity contribution in [2.24, 2.45) is 59.1 Å². The molecule has 10 aliphatic heterocycles. The summed E-state index contributed by atoms with van der Waals surface area (Å²) in [7, 11) is 7.06. The zero-order chi connectivity index (χ0) is 103. The van der Waals surface area contributed by atoms with Crippen LogP contribution in [0.2, 0.25) is 0 Å². The van der Waals surface area contributed by atoms with Crippen LogP contribution in [0, 0.1) is 59.1 Å². The summed E-state index contributed by atoms with van der Waals surface area (Å²) in [5.41, 5.74) is 8.52. The van der Waals surface area contributed by atoms with E-state index >= 15 is 0 Å². The van der Waals surface area contributed by atoms with Crippen molar-refractivity contribution in [1.82, 2.24) is 24.5 Å². The zero-order valence-corrected chi connectivity index (χ0v) is 70.6. The predicted octanol–water partition coefficient (Wildman–Crippen LogP) is 15.1. The van der Waals surface area contributed by atoms with Crippen molar-refractivity contribution in [2.45, 2.75) is 226 Å². The van der Waals surface area contributed by atoms with E-state index in [0.717, 1.165) is 124 Å². The minimum atomic E-state index is -2.92. The van der Waals surface area contributed by atoms with Crippen LogP contribution in [0.15, 0.2) is 60.7 Å². The average molecular weight is 1620 g/mol. The largest absolute Gasteiger partial charge is 0.493 e. The first-order chi connectivity index (χ1) is 63.8. The van der Waals surface area contributed by atoms with Gasteiger partial charge in [0.1, 0.15) is 0 Å². The monoisotopic (exact) mass is 1620 g/mol. The van der Waals surface area contributed by atoms with E-state index < -0.39 is 125 Å². The van der Waals surface area contributed by atoms with Gasteiger partial charge in [-0.2, -0.15) is 0 Å². The Balaban J connectivity index is 0.000000166. The molecule has 10 aliphatic rings. The molecule has 0 amide bonds. The number of methoxy groups -OCH3 is 10. The standard InChI is InChI=1S/5C19H29NO3/c5*1-12(2)7-14-11-20-6-5-13-8-18(22-3)19(23-4)9-15(13)16(20)10-17(14)21/h5*8-9,12,14,16-17,21H,5-7,10-11H2,1-4H3/i1D3,4D3,7D2,12D,16D;1D3,7D2,12D,16D;4D3,16D;2*16D. The number of hydrogen-bond acceptors (Lipinski definition) is 20. The molecule has 15 rings (SSSR count). The number of rotatable bonds is 20. The van der Waals surface area contributed by atoms with Crippen LogP contribution in [-0.4, -0.2) is 217 Å². The Labute approximate surface area is 722 Å². The average Bonchev–Trinajstić information content (AvgIpc) is 0.847. The molecule has 5 N–H and O–H groups in total. The summed E-state index contributed by atoms with van der Waals surface area (Å²) in [5.74, 6) is -0.567. The fraction of sp³-hybridized carbons (Fsp3) is 0.684. The van der Waals surface area contributed by atoms with E-state index in [1.165, 1.54) is 34.5 Å². The highest BCUT2D eigenvalue weighted by Gasteiger charge is 2.45. The number of benzene rings is 5. The van der Waals surface area contributed by atoms with Crippen molar-refractivity contribution < 1.29 is 104 Å².